The number of rotatable bonds is 7. The largest absolute Gasteiger partial charge is 0.481 e. The molecule has 0 spiro atoms. The zero-order valence-corrected chi connectivity index (χ0v) is 15.0. The molecule has 21 heavy (non-hydrogen) atoms. The van der Waals surface area contributed by atoms with Gasteiger partial charge in [-0.2, -0.15) is 0 Å². The predicted molar refractivity (Wildman–Crippen MR) is 89.6 cm³/mol. The lowest BCUT2D eigenvalue weighted by Gasteiger charge is -2.20. The molecule has 2 N–H and O–H groups in total. The first-order valence-corrected chi connectivity index (χ1v) is 8.05. The van der Waals surface area contributed by atoms with Gasteiger partial charge in [0, 0.05) is 22.6 Å². The van der Waals surface area contributed by atoms with Gasteiger partial charge in [-0.3, -0.25) is 4.79 Å². The first kappa shape index (κ1) is 18.0. The smallest absolute Gasteiger partial charge is 0.260 e. The van der Waals surface area contributed by atoms with Gasteiger partial charge in [0.15, 0.2) is 6.10 Å². The third-order valence-corrected chi connectivity index (χ3v) is 3.72. The Morgan fingerprint density at radius 2 is 1.95 bits per heavy atom. The minimum absolute atomic E-state index is 0.0883. The van der Waals surface area contributed by atoms with E-state index in [1.165, 1.54) is 0 Å². The van der Waals surface area contributed by atoms with E-state index in [0.29, 0.717) is 12.5 Å². The molecule has 0 fully saturated rings. The Kier molecular flexibility index (Phi) is 7.18. The normalized spacial score (nSPS) is 13.9. The van der Waals surface area contributed by atoms with Crippen molar-refractivity contribution in [1.29, 1.82) is 0 Å². The van der Waals surface area contributed by atoms with E-state index in [0.717, 1.165) is 15.8 Å². The summed E-state index contributed by atoms with van der Waals surface area (Å²) in [5, 5.41) is 6.08. The first-order chi connectivity index (χ1) is 9.85. The molecule has 0 saturated heterocycles. The van der Waals surface area contributed by atoms with Crippen molar-refractivity contribution in [2.24, 2.45) is 5.92 Å². The molecular weight excluding hydrogens is 332 g/mol. The van der Waals surface area contributed by atoms with Crippen molar-refractivity contribution in [3.8, 4) is 5.75 Å². The van der Waals surface area contributed by atoms with Crippen LogP contribution in [0.5, 0.6) is 5.75 Å². The average Bonchev–Trinajstić information content (AvgIpc) is 2.45. The second-order valence-electron chi connectivity index (χ2n) is 5.59. The number of hydrogen-bond acceptors (Lipinski definition) is 3. The molecule has 4 nitrogen and oxygen atoms in total. The van der Waals surface area contributed by atoms with Crippen LogP contribution < -0.4 is 15.4 Å². The molecule has 0 aliphatic rings. The maximum absolute atomic E-state index is 12.0. The summed E-state index contributed by atoms with van der Waals surface area (Å²) in [4.78, 5) is 12.0. The highest BCUT2D eigenvalue weighted by Gasteiger charge is 2.18. The molecule has 2 atom stereocenters. The summed E-state index contributed by atoms with van der Waals surface area (Å²) in [5.74, 6) is 1.07. The van der Waals surface area contributed by atoms with Crippen molar-refractivity contribution >= 4 is 21.8 Å². The van der Waals surface area contributed by atoms with Gasteiger partial charge >= 0.3 is 0 Å². The van der Waals surface area contributed by atoms with E-state index >= 15 is 0 Å². The van der Waals surface area contributed by atoms with Crippen molar-refractivity contribution in [2.45, 2.75) is 39.8 Å². The minimum atomic E-state index is -0.521. The van der Waals surface area contributed by atoms with Crippen LogP contribution in [-0.4, -0.2) is 25.6 Å². The van der Waals surface area contributed by atoms with Gasteiger partial charge in [0.1, 0.15) is 5.75 Å². The molecule has 0 saturated carbocycles. The summed E-state index contributed by atoms with van der Waals surface area (Å²) in [6.07, 6.45) is -0.521. The summed E-state index contributed by atoms with van der Waals surface area (Å²) in [5.41, 5.74) is 1.02. The Labute approximate surface area is 135 Å². The van der Waals surface area contributed by atoms with Crippen LogP contribution in [0, 0.1) is 5.92 Å². The van der Waals surface area contributed by atoms with Gasteiger partial charge in [0.05, 0.1) is 0 Å². The van der Waals surface area contributed by atoms with E-state index in [-0.39, 0.29) is 11.9 Å². The van der Waals surface area contributed by atoms with Crippen molar-refractivity contribution in [3.63, 3.8) is 0 Å². The fourth-order valence-electron chi connectivity index (χ4n) is 1.81. The molecule has 0 radical (unpaired) electrons. The lowest BCUT2D eigenvalue weighted by molar-refractivity contribution is -0.127. The lowest BCUT2D eigenvalue weighted by Crippen LogP contribution is -2.38. The van der Waals surface area contributed by atoms with E-state index in [4.69, 9.17) is 4.74 Å². The summed E-state index contributed by atoms with van der Waals surface area (Å²) in [6, 6.07) is 5.96. The summed E-state index contributed by atoms with van der Waals surface area (Å²) < 4.78 is 6.83. The topological polar surface area (TPSA) is 50.4 Å². The van der Waals surface area contributed by atoms with Gasteiger partial charge < -0.3 is 15.4 Å². The zero-order valence-electron chi connectivity index (χ0n) is 13.4. The van der Waals surface area contributed by atoms with Crippen LogP contribution in [0.4, 0.5) is 0 Å². The molecule has 0 aliphatic carbocycles. The molecule has 0 heterocycles. The summed E-state index contributed by atoms with van der Waals surface area (Å²) in [6.45, 7) is 8.61. The van der Waals surface area contributed by atoms with Crippen LogP contribution in [0.25, 0.3) is 0 Å². The van der Waals surface area contributed by atoms with Crippen LogP contribution in [0.2, 0.25) is 0 Å². The standard InChI is InChI=1S/C16H25BrN2O2/c1-10(2)9-19-16(20)12(4)21-15-7-6-13(17)8-14(15)11(3)18-5/h6-8,10-12,18H,9H2,1-5H3,(H,19,20). The molecular formula is C16H25BrN2O2. The van der Waals surface area contributed by atoms with Crippen LogP contribution in [-0.2, 0) is 4.79 Å². The first-order valence-electron chi connectivity index (χ1n) is 7.26. The molecule has 0 bridgehead atoms. The van der Waals surface area contributed by atoms with Crippen molar-refractivity contribution < 1.29 is 9.53 Å². The molecule has 1 rings (SSSR count). The Balaban J connectivity index is 2.79. The van der Waals surface area contributed by atoms with E-state index in [9.17, 15) is 4.79 Å². The zero-order chi connectivity index (χ0) is 16.0. The van der Waals surface area contributed by atoms with Gasteiger partial charge in [-0.1, -0.05) is 29.8 Å². The highest BCUT2D eigenvalue weighted by atomic mass is 79.9. The number of halogens is 1. The van der Waals surface area contributed by atoms with Crippen LogP contribution in [0.15, 0.2) is 22.7 Å². The Morgan fingerprint density at radius 1 is 1.29 bits per heavy atom. The third-order valence-electron chi connectivity index (χ3n) is 3.23. The van der Waals surface area contributed by atoms with Gasteiger partial charge in [-0.25, -0.2) is 0 Å². The number of ether oxygens (including phenoxy) is 1. The molecule has 5 heteroatoms. The Bertz CT molecular complexity index is 477. The van der Waals surface area contributed by atoms with Crippen molar-refractivity contribution in [3.05, 3.63) is 28.2 Å². The molecule has 1 amide bonds. The minimum Gasteiger partial charge on any atom is -0.481 e. The van der Waals surface area contributed by atoms with Crippen molar-refractivity contribution in [2.75, 3.05) is 13.6 Å². The van der Waals surface area contributed by atoms with Gasteiger partial charge in [0.25, 0.3) is 5.91 Å². The van der Waals surface area contributed by atoms with Crippen LogP contribution >= 0.6 is 15.9 Å². The number of benzene rings is 1. The number of amides is 1. The highest BCUT2D eigenvalue weighted by molar-refractivity contribution is 9.10. The van der Waals surface area contributed by atoms with E-state index < -0.39 is 6.10 Å². The van der Waals surface area contributed by atoms with E-state index in [2.05, 4.69) is 47.3 Å². The molecule has 118 valence electrons. The van der Waals surface area contributed by atoms with Crippen molar-refractivity contribution in [1.82, 2.24) is 10.6 Å². The number of carbonyl (C=O) groups is 1. The second-order valence-corrected chi connectivity index (χ2v) is 6.51. The molecule has 2 unspecified atom stereocenters. The van der Waals surface area contributed by atoms with Gasteiger partial charge in [-0.05, 0) is 45.0 Å². The molecule has 1 aromatic rings. The fraction of sp³-hybridized carbons (Fsp3) is 0.562. The SMILES string of the molecule is CNC(C)c1cc(Br)ccc1OC(C)C(=O)NCC(C)C. The molecule has 0 aliphatic heterocycles. The van der Waals surface area contributed by atoms with Gasteiger partial charge in [-0.15, -0.1) is 0 Å². The van der Waals surface area contributed by atoms with E-state index in [1.807, 2.05) is 25.2 Å². The Hall–Kier alpha value is -1.07. The summed E-state index contributed by atoms with van der Waals surface area (Å²) in [7, 11) is 1.90. The monoisotopic (exact) mass is 356 g/mol. The highest BCUT2D eigenvalue weighted by Crippen LogP contribution is 2.29. The number of carbonyl (C=O) groups excluding carboxylic acids is 1. The summed E-state index contributed by atoms with van der Waals surface area (Å²) >= 11 is 3.47. The van der Waals surface area contributed by atoms with Crippen LogP contribution in [0.1, 0.15) is 39.3 Å². The molecule has 1 aromatic carbocycles. The fourth-order valence-corrected chi connectivity index (χ4v) is 2.19. The Morgan fingerprint density at radius 3 is 2.52 bits per heavy atom. The third kappa shape index (κ3) is 5.67. The van der Waals surface area contributed by atoms with E-state index in [1.54, 1.807) is 6.92 Å². The maximum atomic E-state index is 12.0. The van der Waals surface area contributed by atoms with Gasteiger partial charge in [0.2, 0.25) is 0 Å². The quantitative estimate of drug-likeness (QED) is 0.788. The van der Waals surface area contributed by atoms with Crippen LogP contribution in [0.3, 0.4) is 0 Å². The predicted octanol–water partition coefficient (Wildman–Crippen LogP) is 3.27. The number of hydrogen-bond donors (Lipinski definition) is 2. The second kappa shape index (κ2) is 8.39. The molecule has 0 aromatic heterocycles. The number of nitrogens with one attached hydrogen (secondary N) is 2. The maximum Gasteiger partial charge on any atom is 0.260 e. The average molecular weight is 357 g/mol. The lowest BCUT2D eigenvalue weighted by atomic mass is 10.1.